The van der Waals surface area contributed by atoms with Crippen LogP contribution in [0.5, 0.6) is 0 Å². The van der Waals surface area contributed by atoms with Gasteiger partial charge in [0.1, 0.15) is 5.60 Å². The molecule has 0 N–H and O–H groups in total. The summed E-state index contributed by atoms with van der Waals surface area (Å²) in [4.78, 5) is 12.0. The van der Waals surface area contributed by atoms with Crippen LogP contribution in [-0.4, -0.2) is 11.6 Å². The second-order valence-electron chi connectivity index (χ2n) is 9.21. The second kappa shape index (κ2) is 6.47. The van der Waals surface area contributed by atoms with E-state index in [9.17, 15) is 4.79 Å². The topological polar surface area (TPSA) is 26.3 Å². The van der Waals surface area contributed by atoms with Crippen LogP contribution in [0.15, 0.2) is 0 Å². The molecule has 0 heterocycles. The molecule has 0 saturated carbocycles. The summed E-state index contributed by atoms with van der Waals surface area (Å²) in [6.45, 7) is 23.5. The number of benzene rings is 2. The Bertz CT molecular complexity index is 953. The zero-order valence-electron chi connectivity index (χ0n) is 19.4. The van der Waals surface area contributed by atoms with Crippen LogP contribution in [0, 0.1) is 55.4 Å². The maximum atomic E-state index is 12.0. The van der Waals surface area contributed by atoms with E-state index in [4.69, 9.17) is 4.74 Å². The molecular formula is C26H34O2. The highest BCUT2D eigenvalue weighted by atomic mass is 16.6. The fraction of sp³-hybridized carbons (Fsp3) is 0.500. The molecule has 0 saturated heterocycles. The van der Waals surface area contributed by atoms with E-state index in [1.54, 1.807) is 0 Å². The number of carbonyl (C=O) groups is 1. The van der Waals surface area contributed by atoms with E-state index in [2.05, 4.69) is 69.2 Å². The number of esters is 1. The normalized spacial score (nSPS) is 13.5. The fourth-order valence-corrected chi connectivity index (χ4v) is 5.32. The molecule has 0 atom stereocenters. The summed E-state index contributed by atoms with van der Waals surface area (Å²) in [6.07, 6.45) is 0. The van der Waals surface area contributed by atoms with Gasteiger partial charge in [-0.25, -0.2) is 0 Å². The highest BCUT2D eigenvalue weighted by Gasteiger charge is 2.45. The summed E-state index contributed by atoms with van der Waals surface area (Å²) in [5.41, 5.74) is 15.6. The molecule has 0 spiro atoms. The minimum absolute atomic E-state index is 0.0393. The molecule has 0 amide bonds. The molecule has 0 unspecified atom stereocenters. The molecule has 2 aromatic rings. The van der Waals surface area contributed by atoms with Crippen LogP contribution in [0.2, 0.25) is 0 Å². The molecule has 3 rings (SSSR count). The number of carbonyl (C=O) groups excluding carboxylic acids is 1. The first-order valence-corrected chi connectivity index (χ1v) is 10.2. The molecule has 0 aromatic heterocycles. The van der Waals surface area contributed by atoms with Gasteiger partial charge in [0, 0.05) is 6.92 Å². The third-order valence-electron chi connectivity index (χ3n) is 7.40. The standard InChI is InChI=1S/C26H34O2/c1-12-14(3)18(7)23-21(16(12)5)22-17(6)13(2)15(4)19(8)24(22)25(23)26(10,11)28-20(9)27/h25H,1-11H3. The second-order valence-corrected chi connectivity index (χ2v) is 9.21. The van der Waals surface area contributed by atoms with Gasteiger partial charge in [-0.2, -0.15) is 0 Å². The summed E-state index contributed by atoms with van der Waals surface area (Å²) < 4.78 is 5.93. The van der Waals surface area contributed by atoms with Gasteiger partial charge in [-0.05, 0) is 136 Å². The Labute approximate surface area is 170 Å². The van der Waals surface area contributed by atoms with E-state index in [1.165, 1.54) is 73.7 Å². The third-order valence-corrected chi connectivity index (χ3v) is 7.40. The van der Waals surface area contributed by atoms with Crippen molar-refractivity contribution in [1.82, 2.24) is 0 Å². The molecule has 150 valence electrons. The number of hydrogen-bond acceptors (Lipinski definition) is 2. The Morgan fingerprint density at radius 3 is 1.29 bits per heavy atom. The van der Waals surface area contributed by atoms with E-state index in [-0.39, 0.29) is 11.9 Å². The summed E-state index contributed by atoms with van der Waals surface area (Å²) in [5.74, 6) is -0.186. The lowest BCUT2D eigenvalue weighted by Crippen LogP contribution is -2.35. The van der Waals surface area contributed by atoms with Gasteiger partial charge >= 0.3 is 5.97 Å². The predicted molar refractivity (Wildman–Crippen MR) is 117 cm³/mol. The minimum Gasteiger partial charge on any atom is -0.459 e. The van der Waals surface area contributed by atoms with Gasteiger partial charge in [-0.3, -0.25) is 4.79 Å². The van der Waals surface area contributed by atoms with Gasteiger partial charge in [-0.1, -0.05) is 0 Å². The summed E-state index contributed by atoms with van der Waals surface area (Å²) in [5, 5.41) is 0. The molecule has 2 nitrogen and oxygen atoms in total. The Kier molecular flexibility index (Phi) is 4.77. The fourth-order valence-electron chi connectivity index (χ4n) is 5.32. The number of fused-ring (bicyclic) bond motifs is 3. The van der Waals surface area contributed by atoms with Gasteiger partial charge in [-0.15, -0.1) is 0 Å². The molecule has 0 bridgehead atoms. The number of ether oxygens (including phenoxy) is 1. The highest BCUT2D eigenvalue weighted by molar-refractivity contribution is 5.89. The van der Waals surface area contributed by atoms with Crippen LogP contribution in [0.3, 0.4) is 0 Å². The average molecular weight is 379 g/mol. The number of hydrogen-bond donors (Lipinski definition) is 0. The van der Waals surface area contributed by atoms with Crippen LogP contribution < -0.4 is 0 Å². The first kappa shape index (κ1) is 20.6. The number of rotatable bonds is 2. The molecular weight excluding hydrogens is 344 g/mol. The quantitative estimate of drug-likeness (QED) is 0.550. The zero-order chi connectivity index (χ0) is 21.3. The third kappa shape index (κ3) is 2.64. The summed E-state index contributed by atoms with van der Waals surface area (Å²) >= 11 is 0. The molecule has 0 aliphatic heterocycles. The van der Waals surface area contributed by atoms with E-state index in [0.717, 1.165) is 0 Å². The first-order chi connectivity index (χ1) is 12.8. The van der Waals surface area contributed by atoms with Crippen LogP contribution in [0.1, 0.15) is 82.3 Å². The maximum Gasteiger partial charge on any atom is 0.303 e. The van der Waals surface area contributed by atoms with Gasteiger partial charge in [0.2, 0.25) is 0 Å². The lowest BCUT2D eigenvalue weighted by Gasteiger charge is -2.35. The lowest BCUT2D eigenvalue weighted by molar-refractivity contribution is -0.154. The molecule has 2 aromatic carbocycles. The Morgan fingerprint density at radius 1 is 0.643 bits per heavy atom. The van der Waals surface area contributed by atoms with Crippen LogP contribution in [0.25, 0.3) is 11.1 Å². The Morgan fingerprint density at radius 2 is 0.964 bits per heavy atom. The van der Waals surface area contributed by atoms with Crippen molar-refractivity contribution >= 4 is 5.97 Å². The van der Waals surface area contributed by atoms with E-state index in [1.807, 2.05) is 0 Å². The monoisotopic (exact) mass is 378 g/mol. The molecule has 0 fully saturated rings. The predicted octanol–water partition coefficient (Wildman–Crippen LogP) is 6.61. The molecule has 1 aliphatic carbocycles. The maximum absolute atomic E-state index is 12.0. The highest BCUT2D eigenvalue weighted by Crippen LogP contribution is 2.57. The minimum atomic E-state index is -0.621. The summed E-state index contributed by atoms with van der Waals surface area (Å²) in [7, 11) is 0. The van der Waals surface area contributed by atoms with Crippen molar-refractivity contribution in [2.45, 2.75) is 87.7 Å². The van der Waals surface area contributed by atoms with Crippen LogP contribution >= 0.6 is 0 Å². The van der Waals surface area contributed by atoms with Crippen molar-refractivity contribution in [1.29, 1.82) is 0 Å². The molecule has 28 heavy (non-hydrogen) atoms. The lowest BCUT2D eigenvalue weighted by atomic mass is 9.77. The van der Waals surface area contributed by atoms with Crippen molar-refractivity contribution in [3.8, 4) is 11.1 Å². The van der Waals surface area contributed by atoms with Crippen LogP contribution in [-0.2, 0) is 9.53 Å². The molecule has 1 aliphatic rings. The Balaban J connectivity index is 2.55. The van der Waals surface area contributed by atoms with Crippen molar-refractivity contribution < 1.29 is 9.53 Å². The van der Waals surface area contributed by atoms with Gasteiger partial charge in [0.25, 0.3) is 0 Å². The average Bonchev–Trinajstić information content (AvgIpc) is 2.97. The largest absolute Gasteiger partial charge is 0.459 e. The van der Waals surface area contributed by atoms with Crippen LogP contribution in [0.4, 0.5) is 0 Å². The smallest absolute Gasteiger partial charge is 0.303 e. The van der Waals surface area contributed by atoms with Crippen molar-refractivity contribution in [2.24, 2.45) is 0 Å². The van der Waals surface area contributed by atoms with E-state index < -0.39 is 5.60 Å². The summed E-state index contributed by atoms with van der Waals surface area (Å²) in [6, 6.07) is 0. The van der Waals surface area contributed by atoms with Crippen molar-refractivity contribution in [2.75, 3.05) is 0 Å². The zero-order valence-corrected chi connectivity index (χ0v) is 19.4. The first-order valence-electron chi connectivity index (χ1n) is 10.2. The SMILES string of the molecule is CC(=O)OC(C)(C)C1c2c(C)c(C)c(C)c(C)c2-c2c(C)c(C)c(C)c(C)c21. The van der Waals surface area contributed by atoms with Crippen molar-refractivity contribution in [3.63, 3.8) is 0 Å². The Hall–Kier alpha value is -2.09. The van der Waals surface area contributed by atoms with Gasteiger partial charge < -0.3 is 4.74 Å². The molecule has 0 radical (unpaired) electrons. The van der Waals surface area contributed by atoms with Crippen molar-refractivity contribution in [3.05, 3.63) is 55.6 Å². The molecule has 2 heteroatoms. The van der Waals surface area contributed by atoms with Gasteiger partial charge in [0.05, 0.1) is 5.92 Å². The van der Waals surface area contributed by atoms with E-state index in [0.29, 0.717) is 0 Å². The van der Waals surface area contributed by atoms with E-state index >= 15 is 0 Å². The van der Waals surface area contributed by atoms with Gasteiger partial charge in [0.15, 0.2) is 0 Å².